The lowest BCUT2D eigenvalue weighted by atomic mass is 10.0. The van der Waals surface area contributed by atoms with Crippen LogP contribution in [0.25, 0.3) is 0 Å². The number of nitrogens with one attached hydrogen (secondary N) is 1. The van der Waals surface area contributed by atoms with E-state index in [4.69, 9.17) is 14.9 Å². The van der Waals surface area contributed by atoms with Gasteiger partial charge in [-0.15, -0.1) is 0 Å². The molecule has 0 aliphatic heterocycles. The van der Waals surface area contributed by atoms with Crippen LogP contribution in [-0.2, 0) is 14.3 Å². The van der Waals surface area contributed by atoms with Gasteiger partial charge in [0.25, 0.3) is 0 Å². The first kappa shape index (κ1) is 14.9. The molecule has 0 spiro atoms. The van der Waals surface area contributed by atoms with Gasteiger partial charge in [-0.3, -0.25) is 9.59 Å². The molecule has 1 atom stereocenters. The molecule has 6 nitrogen and oxygen atoms in total. The minimum Gasteiger partial charge on any atom is -0.481 e. The molecule has 0 radical (unpaired) electrons. The number of ether oxygens (including phenoxy) is 1. The van der Waals surface area contributed by atoms with E-state index in [1.54, 1.807) is 7.11 Å². The number of methoxy groups -OCH3 is 1. The van der Waals surface area contributed by atoms with E-state index >= 15 is 0 Å². The Hall–Kier alpha value is -1.14. The van der Waals surface area contributed by atoms with E-state index in [0.29, 0.717) is 6.61 Å². The fraction of sp³-hybridized carbons (Fsp3) is 0.800. The van der Waals surface area contributed by atoms with Crippen LogP contribution in [0.4, 0.5) is 0 Å². The fourth-order valence-electron chi connectivity index (χ4n) is 1.27. The first-order valence-electron chi connectivity index (χ1n) is 4.97. The van der Waals surface area contributed by atoms with Crippen molar-refractivity contribution in [1.29, 1.82) is 0 Å². The molecule has 1 unspecified atom stereocenters. The molecule has 0 aliphatic rings. The predicted molar refractivity (Wildman–Crippen MR) is 57.3 cm³/mol. The first-order valence-corrected chi connectivity index (χ1v) is 4.97. The van der Waals surface area contributed by atoms with Gasteiger partial charge in [-0.05, 0) is 13.8 Å². The summed E-state index contributed by atoms with van der Waals surface area (Å²) < 4.78 is 4.95. The average Bonchev–Trinajstić information content (AvgIpc) is 2.11. The summed E-state index contributed by atoms with van der Waals surface area (Å²) in [6.45, 7) is 4.25. The topological polar surface area (TPSA) is 95.9 Å². The zero-order valence-corrected chi connectivity index (χ0v) is 9.82. The van der Waals surface area contributed by atoms with Crippen molar-refractivity contribution in [3.05, 3.63) is 0 Å². The summed E-state index contributed by atoms with van der Waals surface area (Å²) >= 11 is 0. The molecular weight excluding hydrogens is 214 g/mol. The molecule has 94 valence electrons. The van der Waals surface area contributed by atoms with Gasteiger partial charge < -0.3 is 20.3 Å². The predicted octanol–water partition coefficient (Wildman–Crippen LogP) is 0.177. The number of carbonyl (C=O) groups is 2. The lowest BCUT2D eigenvalue weighted by Gasteiger charge is -2.26. The van der Waals surface area contributed by atoms with Crippen LogP contribution in [0.15, 0.2) is 0 Å². The van der Waals surface area contributed by atoms with Gasteiger partial charge in [0.15, 0.2) is 0 Å². The Bertz CT molecular complexity index is 252. The maximum absolute atomic E-state index is 10.8. The van der Waals surface area contributed by atoms with Crippen molar-refractivity contribution in [3.63, 3.8) is 0 Å². The number of hydrogen-bond donors (Lipinski definition) is 3. The summed E-state index contributed by atoms with van der Waals surface area (Å²) in [4.78, 5) is 21.2. The fourth-order valence-corrected chi connectivity index (χ4v) is 1.27. The largest absolute Gasteiger partial charge is 0.481 e. The van der Waals surface area contributed by atoms with Crippen LogP contribution in [0, 0.1) is 5.92 Å². The highest BCUT2D eigenvalue weighted by atomic mass is 16.5. The minimum atomic E-state index is -1.11. The summed E-state index contributed by atoms with van der Waals surface area (Å²) in [5.41, 5.74) is -0.374. The van der Waals surface area contributed by atoms with Gasteiger partial charge in [-0.1, -0.05) is 0 Å². The molecule has 0 heterocycles. The highest BCUT2D eigenvalue weighted by Crippen LogP contribution is 2.07. The van der Waals surface area contributed by atoms with E-state index in [-0.39, 0.29) is 18.5 Å². The summed E-state index contributed by atoms with van der Waals surface area (Å²) in [6.07, 6.45) is -0.384. The number of carboxylic acids is 2. The first-order chi connectivity index (χ1) is 7.28. The van der Waals surface area contributed by atoms with Crippen LogP contribution >= 0.6 is 0 Å². The Morgan fingerprint density at radius 1 is 1.38 bits per heavy atom. The van der Waals surface area contributed by atoms with E-state index in [0.717, 1.165) is 0 Å². The van der Waals surface area contributed by atoms with Gasteiger partial charge in [0.05, 0.1) is 18.9 Å². The molecule has 0 aromatic heterocycles. The maximum atomic E-state index is 10.8. The standard InChI is InChI=1S/C10H19NO5/c1-10(2,6-16-3)11-5-7(9(14)15)4-8(12)13/h7,11H,4-6H2,1-3H3,(H,12,13)(H,14,15). The van der Waals surface area contributed by atoms with Gasteiger partial charge in [-0.2, -0.15) is 0 Å². The number of aliphatic carboxylic acids is 2. The lowest BCUT2D eigenvalue weighted by molar-refractivity contribution is -0.148. The van der Waals surface area contributed by atoms with E-state index in [9.17, 15) is 9.59 Å². The molecule has 0 rings (SSSR count). The van der Waals surface area contributed by atoms with Crippen molar-refractivity contribution in [2.45, 2.75) is 25.8 Å². The number of carboxylic acid groups (broad SMARTS) is 2. The molecule has 0 aromatic rings. The van der Waals surface area contributed by atoms with E-state index < -0.39 is 17.9 Å². The van der Waals surface area contributed by atoms with Gasteiger partial charge in [0, 0.05) is 19.2 Å². The van der Waals surface area contributed by atoms with Gasteiger partial charge in [-0.25, -0.2) is 0 Å². The smallest absolute Gasteiger partial charge is 0.308 e. The molecule has 16 heavy (non-hydrogen) atoms. The second kappa shape index (κ2) is 6.44. The van der Waals surface area contributed by atoms with Crippen LogP contribution in [0.1, 0.15) is 20.3 Å². The number of hydrogen-bond acceptors (Lipinski definition) is 4. The van der Waals surface area contributed by atoms with Gasteiger partial charge in [0.2, 0.25) is 0 Å². The third-order valence-electron chi connectivity index (χ3n) is 2.10. The van der Waals surface area contributed by atoms with Crippen molar-refractivity contribution in [3.8, 4) is 0 Å². The quantitative estimate of drug-likeness (QED) is 0.553. The van der Waals surface area contributed by atoms with Gasteiger partial charge >= 0.3 is 11.9 Å². The average molecular weight is 233 g/mol. The maximum Gasteiger partial charge on any atom is 0.308 e. The summed E-state index contributed by atoms with van der Waals surface area (Å²) in [6, 6.07) is 0. The van der Waals surface area contributed by atoms with Crippen LogP contribution in [0.5, 0.6) is 0 Å². The molecule has 0 saturated heterocycles. The number of rotatable bonds is 8. The SMILES string of the molecule is COCC(C)(C)NCC(CC(=O)O)C(=O)O. The minimum absolute atomic E-state index is 0.109. The molecule has 0 amide bonds. The molecule has 6 heteroatoms. The Balaban J connectivity index is 4.21. The zero-order valence-electron chi connectivity index (χ0n) is 9.82. The normalized spacial score (nSPS) is 13.4. The lowest BCUT2D eigenvalue weighted by Crippen LogP contribution is -2.46. The molecule has 0 fully saturated rings. The highest BCUT2D eigenvalue weighted by Gasteiger charge is 2.24. The monoisotopic (exact) mass is 233 g/mol. The van der Waals surface area contributed by atoms with E-state index in [1.165, 1.54) is 0 Å². The third kappa shape index (κ3) is 6.36. The third-order valence-corrected chi connectivity index (χ3v) is 2.10. The van der Waals surface area contributed by atoms with E-state index in [2.05, 4.69) is 5.32 Å². The van der Waals surface area contributed by atoms with Crippen molar-refractivity contribution in [2.75, 3.05) is 20.3 Å². The van der Waals surface area contributed by atoms with Crippen LogP contribution in [-0.4, -0.2) is 48.0 Å². The zero-order chi connectivity index (χ0) is 12.8. The Kier molecular flexibility index (Phi) is 5.98. The van der Waals surface area contributed by atoms with Crippen molar-refractivity contribution < 1.29 is 24.5 Å². The summed E-state index contributed by atoms with van der Waals surface area (Å²) in [7, 11) is 1.55. The molecule has 0 aromatic carbocycles. The molecule has 0 bridgehead atoms. The summed E-state index contributed by atoms with van der Waals surface area (Å²) in [5, 5.41) is 20.3. The van der Waals surface area contributed by atoms with Crippen LogP contribution < -0.4 is 5.32 Å². The Labute approximate surface area is 94.6 Å². The van der Waals surface area contributed by atoms with Crippen molar-refractivity contribution in [2.24, 2.45) is 5.92 Å². The molecule has 3 N–H and O–H groups in total. The molecular formula is C10H19NO5. The van der Waals surface area contributed by atoms with E-state index in [1.807, 2.05) is 13.8 Å². The summed E-state index contributed by atoms with van der Waals surface area (Å²) in [5.74, 6) is -3.14. The van der Waals surface area contributed by atoms with Crippen molar-refractivity contribution >= 4 is 11.9 Å². The van der Waals surface area contributed by atoms with Crippen molar-refractivity contribution in [1.82, 2.24) is 5.32 Å². The molecule has 0 aliphatic carbocycles. The Morgan fingerprint density at radius 3 is 2.31 bits per heavy atom. The Morgan fingerprint density at radius 2 is 1.94 bits per heavy atom. The van der Waals surface area contributed by atoms with Gasteiger partial charge in [0.1, 0.15) is 0 Å². The second-order valence-corrected chi connectivity index (χ2v) is 4.33. The second-order valence-electron chi connectivity index (χ2n) is 4.33. The van der Waals surface area contributed by atoms with Crippen LogP contribution in [0.2, 0.25) is 0 Å². The highest BCUT2D eigenvalue weighted by molar-refractivity contribution is 5.77. The van der Waals surface area contributed by atoms with Crippen LogP contribution in [0.3, 0.4) is 0 Å². The molecule has 0 saturated carbocycles.